The Labute approximate surface area is 201 Å². The van der Waals surface area contributed by atoms with Gasteiger partial charge in [-0.25, -0.2) is 9.13 Å². The average Bonchev–Trinajstić information content (AvgIpc) is 3.47. The van der Waals surface area contributed by atoms with E-state index in [1.807, 2.05) is 32.1 Å². The maximum Gasteiger partial charge on any atom is 2.00 e. The molecule has 5 heteroatoms. The van der Waals surface area contributed by atoms with Crippen molar-refractivity contribution in [3.63, 3.8) is 0 Å². The average molecular weight is 540 g/mol. The molecule has 0 N–H and O–H groups in total. The Kier molecular flexibility index (Phi) is 10.0. The first-order valence-electron chi connectivity index (χ1n) is 8.73. The predicted octanol–water partition coefficient (Wildman–Crippen LogP) is 1.62. The predicted molar refractivity (Wildman–Crippen MR) is 108 cm³/mol. The van der Waals surface area contributed by atoms with Crippen molar-refractivity contribution in [1.82, 2.24) is 4.57 Å². The fourth-order valence-corrected chi connectivity index (χ4v) is 4.09. The van der Waals surface area contributed by atoms with Gasteiger partial charge in [-0.15, -0.1) is 11.3 Å². The van der Waals surface area contributed by atoms with E-state index in [-0.39, 0.29) is 41.0 Å². The van der Waals surface area contributed by atoms with Crippen molar-refractivity contribution in [2.45, 2.75) is 6.54 Å². The Morgan fingerprint density at radius 1 is 0.857 bits per heavy atom. The largest absolute Gasteiger partial charge is 2.00 e. The van der Waals surface area contributed by atoms with Gasteiger partial charge in [0.1, 0.15) is 4.88 Å². The molecule has 0 saturated heterocycles. The quantitative estimate of drug-likeness (QED) is 0.272. The maximum absolute atomic E-state index is 2.41. The molecule has 0 aliphatic heterocycles. The Morgan fingerprint density at radius 3 is 2.11 bits per heavy atom. The summed E-state index contributed by atoms with van der Waals surface area (Å²) in [5.41, 5.74) is 2.55. The number of thiophene rings is 1. The van der Waals surface area contributed by atoms with E-state index >= 15 is 0 Å². The molecular weight excluding hydrogens is 519 g/mol. The molecule has 2 aromatic heterocycles. The number of para-hydroxylation sites is 2. The molecule has 0 spiro atoms. The molecule has 2 aliphatic rings. The number of benzene rings is 1. The standard InChI is InChI=1S/C18H16N2S.C5H5.Fe.HI/c1-19-15-9-4-5-10-16(15)20(13-14-7-2-3-8-14)18(19)17-11-6-12-21-17;1-2-4-5-3-1;;/h2-12H,13H2,1H3;1-5H;;1H/q+1;;+2;/p-1. The number of rotatable bonds is 3. The summed E-state index contributed by atoms with van der Waals surface area (Å²) in [7, 11) is 2.15. The van der Waals surface area contributed by atoms with Crippen LogP contribution in [0.5, 0.6) is 0 Å². The summed E-state index contributed by atoms with van der Waals surface area (Å²) in [6.07, 6.45) is 18.6. The van der Waals surface area contributed by atoms with Crippen molar-refractivity contribution in [1.29, 1.82) is 0 Å². The van der Waals surface area contributed by atoms with Gasteiger partial charge in [-0.05, 0) is 81.4 Å². The summed E-state index contributed by atoms with van der Waals surface area (Å²) in [5, 5.41) is 2.14. The molecular formula is C23H21FeIN2S+2. The van der Waals surface area contributed by atoms with Crippen LogP contribution in [-0.4, -0.2) is 4.57 Å². The van der Waals surface area contributed by atoms with Crippen LogP contribution >= 0.6 is 11.3 Å². The molecule has 0 bridgehead atoms. The van der Waals surface area contributed by atoms with Crippen molar-refractivity contribution < 1.29 is 45.6 Å². The monoisotopic (exact) mass is 540 g/mol. The minimum atomic E-state index is 0. The minimum Gasteiger partial charge on any atom is -1.00 e. The third kappa shape index (κ3) is 5.41. The van der Waals surface area contributed by atoms with Crippen LogP contribution in [0.4, 0.5) is 0 Å². The second kappa shape index (κ2) is 11.7. The molecule has 2 fully saturated rings. The SMILES string of the molecule is C[n+]1c(-c2cccs2)n(C[C]2[CH][CH][CH][CH]2)c2ccccc21.[CH]1[CH][CH][CH][CH]1.[Fe+2].[I-]. The van der Waals surface area contributed by atoms with Crippen LogP contribution in [0.2, 0.25) is 0 Å². The first-order valence-corrected chi connectivity index (χ1v) is 9.61. The molecule has 5 rings (SSSR count). The van der Waals surface area contributed by atoms with Crippen molar-refractivity contribution in [2.24, 2.45) is 7.05 Å². The Morgan fingerprint density at radius 2 is 1.50 bits per heavy atom. The molecule has 3 aromatic rings. The zero-order valence-electron chi connectivity index (χ0n) is 15.5. The van der Waals surface area contributed by atoms with E-state index in [2.05, 4.69) is 83.6 Å². The van der Waals surface area contributed by atoms with E-state index in [1.54, 1.807) is 11.3 Å². The summed E-state index contributed by atoms with van der Waals surface area (Å²) < 4.78 is 4.71. The van der Waals surface area contributed by atoms with E-state index in [0.29, 0.717) is 0 Å². The topological polar surface area (TPSA) is 8.81 Å². The molecule has 2 nitrogen and oxygen atoms in total. The number of aromatic nitrogens is 2. The smallest absolute Gasteiger partial charge is 1.00 e. The van der Waals surface area contributed by atoms with E-state index < -0.39 is 0 Å². The summed E-state index contributed by atoms with van der Waals surface area (Å²) >= 11 is 1.79. The van der Waals surface area contributed by atoms with Crippen molar-refractivity contribution >= 4 is 22.4 Å². The van der Waals surface area contributed by atoms with Gasteiger partial charge in [-0.3, -0.25) is 0 Å². The van der Waals surface area contributed by atoms with Crippen LogP contribution in [0, 0.1) is 63.7 Å². The molecule has 142 valence electrons. The fraction of sp³-hybridized carbons (Fsp3) is 0.0870. The van der Waals surface area contributed by atoms with Gasteiger partial charge in [0.25, 0.3) is 5.82 Å². The number of hydrogen-bond donors (Lipinski definition) is 0. The molecule has 2 aliphatic carbocycles. The molecule has 0 atom stereocenters. The number of aryl methyl sites for hydroxylation is 1. The Balaban J connectivity index is 0.000000352. The third-order valence-corrected chi connectivity index (χ3v) is 5.34. The summed E-state index contributed by atoms with van der Waals surface area (Å²) in [6.45, 7) is 0.904. The Bertz CT molecular complexity index is 826. The first-order chi connectivity index (χ1) is 12.8. The Hall–Kier alpha value is -0.361. The second-order valence-electron chi connectivity index (χ2n) is 6.19. The molecule has 0 amide bonds. The number of halogens is 1. The number of fused-ring (bicyclic) bond motifs is 1. The van der Waals surface area contributed by atoms with Gasteiger partial charge in [0.2, 0.25) is 0 Å². The second-order valence-corrected chi connectivity index (χ2v) is 7.14. The fourth-order valence-electron chi connectivity index (χ4n) is 3.27. The number of imidazole rings is 1. The van der Waals surface area contributed by atoms with Crippen LogP contribution in [-0.2, 0) is 30.7 Å². The van der Waals surface area contributed by atoms with Gasteiger partial charge < -0.3 is 24.0 Å². The van der Waals surface area contributed by atoms with Gasteiger partial charge in [0, 0.05) is 5.92 Å². The molecule has 2 heterocycles. The van der Waals surface area contributed by atoms with Crippen molar-refractivity contribution in [3.8, 4) is 10.7 Å². The molecule has 0 unspecified atom stereocenters. The van der Waals surface area contributed by atoms with Gasteiger partial charge in [-0.2, -0.15) is 0 Å². The minimum absolute atomic E-state index is 0. The van der Waals surface area contributed by atoms with Gasteiger partial charge in [0.05, 0.1) is 13.6 Å². The zero-order chi connectivity index (χ0) is 17.8. The zero-order valence-corrected chi connectivity index (χ0v) is 19.6. The van der Waals surface area contributed by atoms with E-state index in [4.69, 9.17) is 0 Å². The summed E-state index contributed by atoms with van der Waals surface area (Å²) in [4.78, 5) is 1.31. The van der Waals surface area contributed by atoms with Gasteiger partial charge in [0.15, 0.2) is 11.0 Å². The maximum atomic E-state index is 2.41. The third-order valence-electron chi connectivity index (χ3n) is 4.48. The van der Waals surface area contributed by atoms with E-state index in [9.17, 15) is 0 Å². The van der Waals surface area contributed by atoms with Gasteiger partial charge >= 0.3 is 17.1 Å². The van der Waals surface area contributed by atoms with E-state index in [0.717, 1.165) is 6.54 Å². The molecule has 28 heavy (non-hydrogen) atoms. The van der Waals surface area contributed by atoms with Crippen LogP contribution in [0.25, 0.3) is 21.7 Å². The number of hydrogen-bond acceptors (Lipinski definition) is 1. The summed E-state index contributed by atoms with van der Waals surface area (Å²) in [6, 6.07) is 12.9. The van der Waals surface area contributed by atoms with Crippen LogP contribution < -0.4 is 28.5 Å². The van der Waals surface area contributed by atoms with Gasteiger partial charge in [-0.1, -0.05) is 18.2 Å². The normalized spacial score (nSPS) is 16.3. The number of nitrogens with zero attached hydrogens (tertiary/aromatic N) is 2. The first kappa shape index (κ1) is 23.9. The molecule has 1 aromatic carbocycles. The van der Waals surface area contributed by atoms with E-state index in [1.165, 1.54) is 27.7 Å². The van der Waals surface area contributed by atoms with Crippen molar-refractivity contribution in [2.75, 3.05) is 0 Å². The molecule has 10 radical (unpaired) electrons. The van der Waals surface area contributed by atoms with Crippen LogP contribution in [0.3, 0.4) is 0 Å². The van der Waals surface area contributed by atoms with Crippen molar-refractivity contribution in [3.05, 3.63) is 105 Å². The summed E-state index contributed by atoms with van der Waals surface area (Å²) in [5.74, 6) is 2.61. The van der Waals surface area contributed by atoms with Crippen LogP contribution in [0.1, 0.15) is 0 Å². The molecule has 2 saturated carbocycles. The van der Waals surface area contributed by atoms with Crippen LogP contribution in [0.15, 0.2) is 41.8 Å².